The molecule has 0 aromatic carbocycles. The van der Waals surface area contributed by atoms with Crippen molar-refractivity contribution in [3.8, 4) is 0 Å². The van der Waals surface area contributed by atoms with E-state index in [0.29, 0.717) is 25.7 Å². The second-order valence-corrected chi connectivity index (χ2v) is 12.0. The third-order valence-electron chi connectivity index (χ3n) is 8.05. The van der Waals surface area contributed by atoms with E-state index in [4.69, 9.17) is 0 Å². The lowest BCUT2D eigenvalue weighted by Gasteiger charge is -2.40. The van der Waals surface area contributed by atoms with Crippen molar-refractivity contribution < 1.29 is 61.9 Å². The summed E-state index contributed by atoms with van der Waals surface area (Å²) in [5.41, 5.74) is 0. The summed E-state index contributed by atoms with van der Waals surface area (Å²) in [5.74, 6) is -41.2. The lowest BCUT2D eigenvalue weighted by Crippen LogP contribution is -2.72. The van der Waals surface area contributed by atoms with Gasteiger partial charge in [-0.1, -0.05) is 129 Å². The van der Waals surface area contributed by atoms with Crippen LogP contribution in [0.2, 0.25) is 0 Å². The zero-order valence-electron chi connectivity index (χ0n) is 26.8. The van der Waals surface area contributed by atoms with E-state index in [2.05, 4.69) is 13.8 Å². The minimum absolute atomic E-state index is 0.0420. The molecule has 0 aromatic heterocycles. The zero-order valence-corrected chi connectivity index (χ0v) is 26.8. The molecule has 0 atom stereocenters. The maximum atomic E-state index is 14.7. The van der Waals surface area contributed by atoms with Crippen molar-refractivity contribution in [2.75, 3.05) is 13.1 Å². The Balaban J connectivity index is 5.57. The summed E-state index contributed by atoms with van der Waals surface area (Å²) in [4.78, 5) is 12.6. The molecule has 276 valence electrons. The second-order valence-electron chi connectivity index (χ2n) is 12.0. The first kappa shape index (κ1) is 44.6. The second kappa shape index (κ2) is 20.2. The Morgan fingerprint density at radius 1 is 0.391 bits per heavy atom. The number of halogens is 13. The van der Waals surface area contributed by atoms with E-state index < -0.39 is 54.8 Å². The molecule has 0 aliphatic rings. The fourth-order valence-electron chi connectivity index (χ4n) is 5.00. The van der Waals surface area contributed by atoms with Gasteiger partial charge in [-0.2, -0.15) is 57.1 Å². The summed E-state index contributed by atoms with van der Waals surface area (Å²) in [5, 5.41) is 0. The third kappa shape index (κ3) is 12.2. The fraction of sp³-hybridized carbons (Fsp3) is 0.968. The van der Waals surface area contributed by atoms with Gasteiger partial charge in [0.1, 0.15) is 0 Å². The van der Waals surface area contributed by atoms with Crippen molar-refractivity contribution in [3.05, 3.63) is 0 Å². The van der Waals surface area contributed by atoms with E-state index in [0.717, 1.165) is 89.9 Å². The standard InChI is InChI=1S/C31H50F13NO/c1-3-5-7-9-11-13-15-17-19-21-23-45(24-22-20-18-16-14-12-10-8-6-4-2)25(46)26(32,33)27(34,35)28(36,37)29(38,39)30(40,41)31(42,43)44/h3-24H2,1-2H3. The number of unbranched alkanes of at least 4 members (excludes halogenated alkanes) is 18. The normalized spacial score (nSPS) is 13.8. The molecule has 0 bridgehead atoms. The van der Waals surface area contributed by atoms with Gasteiger partial charge >= 0.3 is 35.8 Å². The lowest BCUT2D eigenvalue weighted by atomic mass is 9.93. The first-order chi connectivity index (χ1) is 21.2. The molecule has 0 radical (unpaired) electrons. The highest BCUT2D eigenvalue weighted by Gasteiger charge is 2.91. The van der Waals surface area contributed by atoms with Gasteiger partial charge in [-0.25, -0.2) is 0 Å². The number of alkyl halides is 13. The molecule has 1 amide bonds. The van der Waals surface area contributed by atoms with Crippen LogP contribution in [0.1, 0.15) is 142 Å². The Kier molecular flexibility index (Phi) is 19.5. The summed E-state index contributed by atoms with van der Waals surface area (Å²) in [6.45, 7) is 2.82. The van der Waals surface area contributed by atoms with Gasteiger partial charge in [-0.15, -0.1) is 0 Å². The molecular weight excluding hydrogens is 649 g/mol. The Hall–Kier alpha value is -1.44. The molecule has 0 unspecified atom stereocenters. The molecule has 2 nitrogen and oxygen atoms in total. The quantitative estimate of drug-likeness (QED) is 0.0617. The van der Waals surface area contributed by atoms with Gasteiger partial charge in [0.2, 0.25) is 0 Å². The fourth-order valence-corrected chi connectivity index (χ4v) is 5.00. The van der Waals surface area contributed by atoms with Gasteiger partial charge in [0.15, 0.2) is 0 Å². The van der Waals surface area contributed by atoms with Crippen molar-refractivity contribution in [2.24, 2.45) is 0 Å². The number of amides is 1. The highest BCUT2D eigenvalue weighted by molar-refractivity contribution is 5.85. The van der Waals surface area contributed by atoms with Crippen LogP contribution in [0.5, 0.6) is 0 Å². The minimum Gasteiger partial charge on any atom is -0.337 e. The van der Waals surface area contributed by atoms with Crippen LogP contribution in [0.3, 0.4) is 0 Å². The smallest absolute Gasteiger partial charge is 0.337 e. The largest absolute Gasteiger partial charge is 0.460 e. The van der Waals surface area contributed by atoms with Crippen LogP contribution in [0.4, 0.5) is 57.1 Å². The molecule has 0 saturated heterocycles. The van der Waals surface area contributed by atoms with Gasteiger partial charge in [0.25, 0.3) is 5.91 Å². The van der Waals surface area contributed by atoms with E-state index in [9.17, 15) is 61.9 Å². The number of rotatable bonds is 27. The maximum Gasteiger partial charge on any atom is 0.460 e. The summed E-state index contributed by atoms with van der Waals surface area (Å²) >= 11 is 0. The lowest BCUT2D eigenvalue weighted by molar-refractivity contribution is -0.436. The molecule has 0 fully saturated rings. The predicted molar refractivity (Wildman–Crippen MR) is 151 cm³/mol. The Bertz CT molecular complexity index is 808. The molecule has 0 spiro atoms. The van der Waals surface area contributed by atoms with E-state index >= 15 is 0 Å². The molecule has 15 heteroatoms. The maximum absolute atomic E-state index is 14.7. The van der Waals surface area contributed by atoms with Gasteiger partial charge in [0.05, 0.1) is 0 Å². The van der Waals surface area contributed by atoms with Crippen molar-refractivity contribution in [3.63, 3.8) is 0 Å². The van der Waals surface area contributed by atoms with Gasteiger partial charge in [-0.3, -0.25) is 4.79 Å². The number of carbonyl (C=O) groups is 1. The summed E-state index contributed by atoms with van der Waals surface area (Å²) in [6.07, 6.45) is 7.85. The highest BCUT2D eigenvalue weighted by atomic mass is 19.4. The van der Waals surface area contributed by atoms with Crippen molar-refractivity contribution >= 4 is 5.91 Å². The molecular formula is C31H50F13NO. The molecule has 0 saturated carbocycles. The SMILES string of the molecule is CCCCCCCCCCCCN(CCCCCCCCCCCC)C(=O)C(F)(F)C(F)(F)C(F)(F)C(F)(F)C(F)(F)C(F)(F)F. The Morgan fingerprint density at radius 3 is 0.935 bits per heavy atom. The minimum atomic E-state index is -8.02. The van der Waals surface area contributed by atoms with Crippen molar-refractivity contribution in [1.82, 2.24) is 4.90 Å². The van der Waals surface area contributed by atoms with Gasteiger partial charge in [-0.05, 0) is 12.8 Å². The van der Waals surface area contributed by atoms with Crippen LogP contribution in [-0.2, 0) is 4.79 Å². The number of carbonyl (C=O) groups excluding carboxylic acids is 1. The van der Waals surface area contributed by atoms with E-state index in [1.54, 1.807) is 0 Å². The predicted octanol–water partition coefficient (Wildman–Crippen LogP) is 12.4. The third-order valence-corrected chi connectivity index (χ3v) is 8.05. The molecule has 0 N–H and O–H groups in total. The summed E-state index contributed by atoms with van der Waals surface area (Å²) < 4.78 is 177. The molecule has 0 aliphatic carbocycles. The van der Waals surface area contributed by atoms with Crippen LogP contribution in [0.25, 0.3) is 0 Å². The zero-order chi connectivity index (χ0) is 35.7. The molecule has 0 heterocycles. The van der Waals surface area contributed by atoms with Crippen LogP contribution >= 0.6 is 0 Å². The van der Waals surface area contributed by atoms with Crippen molar-refractivity contribution in [1.29, 1.82) is 0 Å². The molecule has 46 heavy (non-hydrogen) atoms. The Morgan fingerprint density at radius 2 is 0.652 bits per heavy atom. The molecule has 0 aromatic rings. The van der Waals surface area contributed by atoms with Crippen LogP contribution in [-0.4, -0.2) is 59.7 Å². The van der Waals surface area contributed by atoms with Crippen molar-refractivity contribution in [2.45, 2.75) is 178 Å². The average Bonchev–Trinajstić information content (AvgIpc) is 2.96. The van der Waals surface area contributed by atoms with E-state index in [1.165, 1.54) is 0 Å². The number of nitrogens with zero attached hydrogens (tertiary/aromatic N) is 1. The number of hydrogen-bond acceptors (Lipinski definition) is 1. The molecule has 0 aliphatic heterocycles. The van der Waals surface area contributed by atoms with Gasteiger partial charge in [0, 0.05) is 13.1 Å². The van der Waals surface area contributed by atoms with E-state index in [-0.39, 0.29) is 17.7 Å². The first-order valence-corrected chi connectivity index (χ1v) is 16.4. The van der Waals surface area contributed by atoms with Crippen LogP contribution in [0.15, 0.2) is 0 Å². The summed E-state index contributed by atoms with van der Waals surface area (Å²) in [7, 11) is 0. The Labute approximate surface area is 264 Å². The number of hydrogen-bond donors (Lipinski definition) is 0. The molecule has 0 rings (SSSR count). The van der Waals surface area contributed by atoms with Crippen LogP contribution in [0, 0.1) is 0 Å². The first-order valence-electron chi connectivity index (χ1n) is 16.4. The average molecular weight is 700 g/mol. The topological polar surface area (TPSA) is 20.3 Å². The van der Waals surface area contributed by atoms with E-state index in [1.807, 2.05) is 0 Å². The highest BCUT2D eigenvalue weighted by Crippen LogP contribution is 2.60. The van der Waals surface area contributed by atoms with Crippen LogP contribution < -0.4 is 0 Å². The monoisotopic (exact) mass is 699 g/mol. The summed E-state index contributed by atoms with van der Waals surface area (Å²) in [6, 6.07) is 0. The van der Waals surface area contributed by atoms with Gasteiger partial charge < -0.3 is 4.90 Å².